The van der Waals surface area contributed by atoms with Gasteiger partial charge in [-0.1, -0.05) is 0 Å². The Bertz CT molecular complexity index is 658. The van der Waals surface area contributed by atoms with Crippen LogP contribution in [0.25, 0.3) is 0 Å². The molecular weight excluding hydrogens is 280 g/mol. The molecule has 2 rings (SSSR count). The third-order valence-corrected chi connectivity index (χ3v) is 5.78. The lowest BCUT2D eigenvalue weighted by Crippen LogP contribution is -2.42. The third-order valence-electron chi connectivity index (χ3n) is 3.63. The van der Waals surface area contributed by atoms with E-state index in [2.05, 4.69) is 10.1 Å². The highest BCUT2D eigenvalue weighted by atomic mass is 32.2. The van der Waals surface area contributed by atoms with Crippen molar-refractivity contribution in [1.29, 1.82) is 0 Å². The molecule has 1 aromatic heterocycles. The molecule has 0 saturated carbocycles. The zero-order valence-corrected chi connectivity index (χ0v) is 12.6. The number of piperidine rings is 1. The zero-order chi connectivity index (χ0) is 14.9. The van der Waals surface area contributed by atoms with Crippen LogP contribution in [0.15, 0.2) is 9.89 Å². The molecule has 0 bridgehead atoms. The van der Waals surface area contributed by atoms with E-state index in [0.717, 1.165) is 12.8 Å². The van der Waals surface area contributed by atoms with Crippen LogP contribution in [0.1, 0.15) is 30.7 Å². The minimum atomic E-state index is -3.70. The molecule has 0 spiro atoms. The monoisotopic (exact) mass is 298 g/mol. The summed E-state index contributed by atoms with van der Waals surface area (Å²) in [7, 11) is -1.99. The highest BCUT2D eigenvalue weighted by Crippen LogP contribution is 2.29. The molecule has 0 N–H and O–H groups in total. The maximum atomic E-state index is 12.8. The molecule has 1 aromatic rings. The first-order valence-electron chi connectivity index (χ1n) is 6.48. The summed E-state index contributed by atoms with van der Waals surface area (Å²) in [5, 5.41) is 4.15. The van der Waals surface area contributed by atoms with Crippen molar-refractivity contribution in [3.63, 3.8) is 0 Å². The molecule has 8 heteroatoms. The van der Waals surface area contributed by atoms with Gasteiger partial charge in [0.05, 0.1) is 11.4 Å². The average molecular weight is 298 g/mol. The number of hydrogen-bond donors (Lipinski definition) is 0. The molecule has 1 aliphatic rings. The van der Waals surface area contributed by atoms with E-state index in [1.54, 1.807) is 25.6 Å². The normalized spacial score (nSPS) is 20.6. The molecule has 1 fully saturated rings. The largest absolute Gasteiger partial charge is 0.271 e. The average Bonchev–Trinajstić information content (AvgIpc) is 2.64. The fourth-order valence-corrected chi connectivity index (χ4v) is 4.60. The SMILES string of the molecule is Cc1nn(C)c(C)c1S(=O)(=O)N1CCCCC1N=C=O. The quantitative estimate of drug-likeness (QED) is 0.612. The van der Waals surface area contributed by atoms with Crippen LogP contribution in [-0.2, 0) is 21.9 Å². The second-order valence-corrected chi connectivity index (χ2v) is 6.76. The first-order valence-corrected chi connectivity index (χ1v) is 7.92. The van der Waals surface area contributed by atoms with Gasteiger partial charge in [-0.3, -0.25) is 4.68 Å². The Morgan fingerprint density at radius 2 is 2.05 bits per heavy atom. The van der Waals surface area contributed by atoms with Crippen molar-refractivity contribution >= 4 is 16.1 Å². The van der Waals surface area contributed by atoms with Crippen molar-refractivity contribution < 1.29 is 13.2 Å². The lowest BCUT2D eigenvalue weighted by atomic mass is 10.1. The van der Waals surface area contributed by atoms with Crippen molar-refractivity contribution in [3.8, 4) is 0 Å². The maximum absolute atomic E-state index is 12.8. The topological polar surface area (TPSA) is 84.6 Å². The Labute approximate surface area is 118 Å². The van der Waals surface area contributed by atoms with Gasteiger partial charge in [0, 0.05) is 13.6 Å². The Morgan fingerprint density at radius 1 is 1.35 bits per heavy atom. The fourth-order valence-electron chi connectivity index (χ4n) is 2.60. The van der Waals surface area contributed by atoms with Crippen LogP contribution in [0.4, 0.5) is 0 Å². The number of rotatable bonds is 3. The number of aliphatic imine (C=N–C) groups is 1. The zero-order valence-electron chi connectivity index (χ0n) is 11.8. The van der Waals surface area contributed by atoms with Crippen LogP contribution in [-0.4, -0.2) is 41.3 Å². The second-order valence-electron chi connectivity index (χ2n) is 4.94. The summed E-state index contributed by atoms with van der Waals surface area (Å²) in [4.78, 5) is 14.3. The van der Waals surface area contributed by atoms with E-state index in [1.807, 2.05) is 0 Å². The molecular formula is C12H18N4O3S. The first kappa shape index (κ1) is 14.9. The number of sulfonamides is 1. The summed E-state index contributed by atoms with van der Waals surface area (Å²) in [5.74, 6) is 0. The van der Waals surface area contributed by atoms with Crippen molar-refractivity contribution in [1.82, 2.24) is 14.1 Å². The van der Waals surface area contributed by atoms with Crippen molar-refractivity contribution in [2.45, 2.75) is 44.2 Å². The van der Waals surface area contributed by atoms with E-state index < -0.39 is 16.2 Å². The molecule has 1 saturated heterocycles. The van der Waals surface area contributed by atoms with Crippen molar-refractivity contribution in [3.05, 3.63) is 11.4 Å². The van der Waals surface area contributed by atoms with Gasteiger partial charge in [-0.25, -0.2) is 13.2 Å². The summed E-state index contributed by atoms with van der Waals surface area (Å²) in [5.41, 5.74) is 1.05. The molecule has 1 atom stereocenters. The number of carbonyl (C=O) groups excluding carboxylic acids is 1. The van der Waals surface area contributed by atoms with E-state index in [4.69, 9.17) is 0 Å². The molecule has 20 heavy (non-hydrogen) atoms. The number of nitrogens with zero attached hydrogens (tertiary/aromatic N) is 4. The van der Waals surface area contributed by atoms with Crippen molar-refractivity contribution in [2.24, 2.45) is 12.0 Å². The van der Waals surface area contributed by atoms with E-state index in [-0.39, 0.29) is 4.90 Å². The van der Waals surface area contributed by atoms with Gasteiger partial charge in [0.1, 0.15) is 11.1 Å². The highest BCUT2D eigenvalue weighted by molar-refractivity contribution is 7.89. The predicted molar refractivity (Wildman–Crippen MR) is 72.3 cm³/mol. The van der Waals surface area contributed by atoms with Gasteiger partial charge in [-0.2, -0.15) is 14.4 Å². The van der Waals surface area contributed by atoms with Crippen LogP contribution >= 0.6 is 0 Å². The maximum Gasteiger partial charge on any atom is 0.248 e. The second kappa shape index (κ2) is 5.47. The fraction of sp³-hybridized carbons (Fsp3) is 0.667. The predicted octanol–water partition coefficient (Wildman–Crippen LogP) is 0.873. The van der Waals surface area contributed by atoms with Crippen molar-refractivity contribution in [2.75, 3.05) is 6.54 Å². The molecule has 1 aliphatic heterocycles. The van der Waals surface area contributed by atoms with Crippen LogP contribution in [0.5, 0.6) is 0 Å². The number of aromatic nitrogens is 2. The lowest BCUT2D eigenvalue weighted by molar-refractivity contribution is 0.259. The molecule has 0 aliphatic carbocycles. The minimum Gasteiger partial charge on any atom is -0.271 e. The number of hydrogen-bond acceptors (Lipinski definition) is 5. The molecule has 0 aromatic carbocycles. The van der Waals surface area contributed by atoms with E-state index in [0.29, 0.717) is 24.4 Å². The molecule has 7 nitrogen and oxygen atoms in total. The Kier molecular flexibility index (Phi) is 4.08. The highest BCUT2D eigenvalue weighted by Gasteiger charge is 2.36. The Morgan fingerprint density at radius 3 is 2.60 bits per heavy atom. The third kappa shape index (κ3) is 2.42. The summed E-state index contributed by atoms with van der Waals surface area (Å²) in [6.07, 6.45) is 2.99. The van der Waals surface area contributed by atoms with Crippen LogP contribution < -0.4 is 0 Å². The molecule has 0 amide bonds. The first-order chi connectivity index (χ1) is 9.39. The summed E-state index contributed by atoms with van der Waals surface area (Å²) in [6, 6.07) is 0. The molecule has 1 unspecified atom stereocenters. The van der Waals surface area contributed by atoms with Gasteiger partial charge in [-0.15, -0.1) is 0 Å². The standard InChI is InChI=1S/C12H18N4O3S/c1-9-12(10(2)15(3)14-9)20(18,19)16-7-5-4-6-11(16)13-8-17/h11H,4-7H2,1-3H3. The lowest BCUT2D eigenvalue weighted by Gasteiger charge is -2.31. The van der Waals surface area contributed by atoms with Gasteiger partial charge in [0.15, 0.2) is 0 Å². The van der Waals surface area contributed by atoms with Gasteiger partial charge in [0.25, 0.3) is 0 Å². The van der Waals surface area contributed by atoms with Gasteiger partial charge >= 0.3 is 0 Å². The summed E-state index contributed by atoms with van der Waals surface area (Å²) in [6.45, 7) is 3.75. The summed E-state index contributed by atoms with van der Waals surface area (Å²) < 4.78 is 28.5. The van der Waals surface area contributed by atoms with Gasteiger partial charge < -0.3 is 0 Å². The Balaban J connectivity index is 2.50. The van der Waals surface area contributed by atoms with Crippen LogP contribution in [0.2, 0.25) is 0 Å². The van der Waals surface area contributed by atoms with Gasteiger partial charge in [0.2, 0.25) is 16.1 Å². The van der Waals surface area contributed by atoms with E-state index >= 15 is 0 Å². The van der Waals surface area contributed by atoms with E-state index in [1.165, 1.54) is 10.4 Å². The Hall–Kier alpha value is -1.50. The minimum absolute atomic E-state index is 0.216. The molecule has 2 heterocycles. The number of aryl methyl sites for hydroxylation is 2. The van der Waals surface area contributed by atoms with E-state index in [9.17, 15) is 13.2 Å². The summed E-state index contributed by atoms with van der Waals surface area (Å²) >= 11 is 0. The molecule has 110 valence electrons. The number of isocyanates is 1. The van der Waals surface area contributed by atoms with Crippen LogP contribution in [0, 0.1) is 13.8 Å². The molecule has 0 radical (unpaired) electrons. The van der Waals surface area contributed by atoms with Crippen LogP contribution in [0.3, 0.4) is 0 Å². The van der Waals surface area contributed by atoms with Gasteiger partial charge in [-0.05, 0) is 33.1 Å². The smallest absolute Gasteiger partial charge is 0.248 e.